The maximum absolute atomic E-state index is 15.3. The molecule has 2 saturated carbocycles. The minimum atomic E-state index is -7.55. The first-order valence-corrected chi connectivity index (χ1v) is 11.0. The van der Waals surface area contributed by atoms with Gasteiger partial charge in [0.1, 0.15) is 0 Å². The monoisotopic (exact) mass is 588 g/mol. The van der Waals surface area contributed by atoms with Gasteiger partial charge in [-0.25, -0.2) is 26.3 Å². The van der Waals surface area contributed by atoms with Crippen LogP contribution in [0.5, 0.6) is 0 Å². The van der Waals surface area contributed by atoms with Crippen molar-refractivity contribution >= 4 is 5.97 Å². The molecule has 16 heteroatoms. The number of carbonyl (C=O) groups is 1. The average molecular weight is 588 g/mol. The fourth-order valence-electron chi connectivity index (χ4n) is 5.09. The molecule has 0 saturated heterocycles. The molecule has 38 heavy (non-hydrogen) atoms. The van der Waals surface area contributed by atoms with E-state index in [4.69, 9.17) is 0 Å². The van der Waals surface area contributed by atoms with Gasteiger partial charge in [0.25, 0.3) is 17.7 Å². The molecule has 0 amide bonds. The lowest BCUT2D eigenvalue weighted by Gasteiger charge is -2.64. The van der Waals surface area contributed by atoms with Crippen molar-refractivity contribution in [1.29, 1.82) is 0 Å². The smallest absolute Gasteiger partial charge is 0.341 e. The molecule has 2 aliphatic rings. The van der Waals surface area contributed by atoms with E-state index in [1.165, 1.54) is 41.5 Å². The predicted octanol–water partition coefficient (Wildman–Crippen LogP) is 7.68. The summed E-state index contributed by atoms with van der Waals surface area (Å²) in [5, 5.41) is 0. The Bertz CT molecular complexity index is 970. The van der Waals surface area contributed by atoms with Crippen LogP contribution in [0.3, 0.4) is 0 Å². The van der Waals surface area contributed by atoms with Gasteiger partial charge in [-0.05, 0) is 24.2 Å². The molecule has 0 aromatic rings. The number of hydrogen-bond acceptors (Lipinski definition) is 2. The summed E-state index contributed by atoms with van der Waals surface area (Å²) in [6.07, 6.45) is -17.7. The first-order valence-electron chi connectivity index (χ1n) is 11.0. The second-order valence-electron chi connectivity index (χ2n) is 12.3. The van der Waals surface area contributed by atoms with Crippen molar-refractivity contribution < 1.29 is 71.0 Å². The number of rotatable bonds is 4. The molecule has 0 aromatic carbocycles. The van der Waals surface area contributed by atoms with Crippen LogP contribution in [0.2, 0.25) is 0 Å². The second kappa shape index (κ2) is 8.03. The predicted molar refractivity (Wildman–Crippen MR) is 104 cm³/mol. The number of fused-ring (bicyclic) bond motifs is 2. The van der Waals surface area contributed by atoms with Gasteiger partial charge in [-0.1, -0.05) is 41.5 Å². The third kappa shape index (κ3) is 3.29. The molecular formula is C22H26F14O2. The SMILES string of the molecule is CC(C)(C)CC(C)(C(=O)OC1(C(F)F)C(F)C2(F)C(F)(F)C(F)C(F)(F)C(F)(C1(F)F)C2(F)F)C(C)(C)C. The number of esters is 1. The molecule has 0 spiro atoms. The van der Waals surface area contributed by atoms with Gasteiger partial charge >= 0.3 is 35.3 Å². The molecule has 2 rings (SSSR count). The van der Waals surface area contributed by atoms with E-state index in [9.17, 15) is 44.3 Å². The highest BCUT2D eigenvalue weighted by atomic mass is 19.3. The standard InChI is InChI=1S/C22H26F14O2/c1-13(2,3)8-15(7,14(4,5)6)12(37)38-16(11(25)26)9(23)17(27)18(28,29)10(24)19(30,31)20(32,21(16,33)34)22(17,35)36/h9-11H,8H2,1-7H3. The molecule has 0 aromatic heterocycles. The van der Waals surface area contributed by atoms with E-state index >= 15 is 22.0 Å². The lowest BCUT2D eigenvalue weighted by Crippen LogP contribution is -2.96. The van der Waals surface area contributed by atoms with Gasteiger partial charge in [0, 0.05) is 0 Å². The molecule has 6 atom stereocenters. The maximum atomic E-state index is 15.3. The molecular weight excluding hydrogens is 562 g/mol. The van der Waals surface area contributed by atoms with E-state index in [1.807, 2.05) is 0 Å². The van der Waals surface area contributed by atoms with Gasteiger partial charge in [-0.2, -0.15) is 35.1 Å². The van der Waals surface area contributed by atoms with Crippen molar-refractivity contribution in [3.63, 3.8) is 0 Å². The van der Waals surface area contributed by atoms with Crippen LogP contribution >= 0.6 is 0 Å². The van der Waals surface area contributed by atoms with Crippen LogP contribution in [0, 0.1) is 16.2 Å². The number of hydrogen-bond donors (Lipinski definition) is 0. The Hall–Kier alpha value is -1.51. The molecule has 224 valence electrons. The Morgan fingerprint density at radius 3 is 1.50 bits per heavy atom. The normalized spacial score (nSPS) is 39.4. The summed E-state index contributed by atoms with van der Waals surface area (Å²) in [6.45, 7) is 8.68. The zero-order chi connectivity index (χ0) is 30.7. The quantitative estimate of drug-likeness (QED) is 0.249. The van der Waals surface area contributed by atoms with Crippen molar-refractivity contribution in [3.05, 3.63) is 0 Å². The van der Waals surface area contributed by atoms with Crippen LogP contribution in [-0.2, 0) is 9.53 Å². The zero-order valence-electron chi connectivity index (χ0n) is 21.0. The van der Waals surface area contributed by atoms with Gasteiger partial charge < -0.3 is 4.74 Å². The van der Waals surface area contributed by atoms with Gasteiger partial charge in [0.15, 0.2) is 6.17 Å². The zero-order valence-corrected chi connectivity index (χ0v) is 21.0. The fourth-order valence-corrected chi connectivity index (χ4v) is 5.09. The van der Waals surface area contributed by atoms with Crippen LogP contribution < -0.4 is 0 Å². The first kappa shape index (κ1) is 32.7. The Kier molecular flexibility index (Phi) is 6.91. The summed E-state index contributed by atoms with van der Waals surface area (Å²) in [7, 11) is 0. The Balaban J connectivity index is 3.02. The van der Waals surface area contributed by atoms with Crippen LogP contribution in [0.15, 0.2) is 0 Å². The highest BCUT2D eigenvalue weighted by molar-refractivity contribution is 5.78. The topological polar surface area (TPSA) is 26.3 Å². The van der Waals surface area contributed by atoms with Crippen molar-refractivity contribution in [2.24, 2.45) is 16.2 Å². The van der Waals surface area contributed by atoms with Crippen LogP contribution in [0.25, 0.3) is 0 Å². The number of carbonyl (C=O) groups excluding carboxylic acids is 1. The number of halogens is 14. The number of ether oxygens (including phenoxy) is 1. The van der Waals surface area contributed by atoms with Crippen LogP contribution in [-0.4, -0.2) is 65.4 Å². The summed E-state index contributed by atoms with van der Waals surface area (Å²) >= 11 is 0. The van der Waals surface area contributed by atoms with E-state index in [0.29, 0.717) is 0 Å². The summed E-state index contributed by atoms with van der Waals surface area (Å²) in [6, 6.07) is 0. The van der Waals surface area contributed by atoms with Gasteiger partial charge in [-0.3, -0.25) is 4.79 Å². The largest absolute Gasteiger partial charge is 0.442 e. The van der Waals surface area contributed by atoms with Gasteiger partial charge in [0.2, 0.25) is 6.17 Å². The van der Waals surface area contributed by atoms with Crippen molar-refractivity contribution in [2.45, 2.75) is 114 Å². The van der Waals surface area contributed by atoms with Gasteiger partial charge in [-0.15, -0.1) is 0 Å². The summed E-state index contributed by atoms with van der Waals surface area (Å²) in [5.41, 5.74) is -25.8. The third-order valence-electron chi connectivity index (χ3n) is 7.70. The average Bonchev–Trinajstić information content (AvgIpc) is 2.70. The molecule has 0 aliphatic heterocycles. The highest BCUT2D eigenvalue weighted by Gasteiger charge is 3.08. The highest BCUT2D eigenvalue weighted by Crippen LogP contribution is 2.76. The first-order chi connectivity index (χ1) is 16.3. The van der Waals surface area contributed by atoms with Crippen molar-refractivity contribution in [2.75, 3.05) is 0 Å². The second-order valence-corrected chi connectivity index (χ2v) is 12.3. The molecule has 6 unspecified atom stereocenters. The fraction of sp³-hybridized carbons (Fsp3) is 0.955. The van der Waals surface area contributed by atoms with E-state index in [-0.39, 0.29) is 0 Å². The molecule has 2 bridgehead atoms. The van der Waals surface area contributed by atoms with Crippen molar-refractivity contribution in [1.82, 2.24) is 0 Å². The minimum absolute atomic E-state index is 0.513. The third-order valence-corrected chi connectivity index (χ3v) is 7.70. The lowest BCUT2D eigenvalue weighted by atomic mass is 9.53. The maximum Gasteiger partial charge on any atom is 0.341 e. The Morgan fingerprint density at radius 1 is 0.737 bits per heavy atom. The summed E-state index contributed by atoms with van der Waals surface area (Å²) in [4.78, 5) is 13.1. The Labute approximate surface area is 208 Å². The van der Waals surface area contributed by atoms with E-state index in [1.54, 1.807) is 0 Å². The minimum Gasteiger partial charge on any atom is -0.442 e. The summed E-state index contributed by atoms with van der Waals surface area (Å²) < 4.78 is 210. The lowest BCUT2D eigenvalue weighted by molar-refractivity contribution is -0.503. The van der Waals surface area contributed by atoms with Crippen LogP contribution in [0.4, 0.5) is 61.5 Å². The molecule has 0 heterocycles. The van der Waals surface area contributed by atoms with Gasteiger partial charge in [0.05, 0.1) is 5.41 Å². The molecule has 2 fully saturated rings. The van der Waals surface area contributed by atoms with E-state index in [0.717, 1.165) is 6.92 Å². The van der Waals surface area contributed by atoms with Crippen LogP contribution in [0.1, 0.15) is 54.9 Å². The summed E-state index contributed by atoms with van der Waals surface area (Å²) in [5.74, 6) is -31.7. The molecule has 0 N–H and O–H groups in total. The van der Waals surface area contributed by atoms with E-state index < -0.39 is 88.0 Å². The number of alkyl halides is 14. The molecule has 2 nitrogen and oxygen atoms in total. The van der Waals surface area contributed by atoms with E-state index in [2.05, 4.69) is 4.74 Å². The van der Waals surface area contributed by atoms with Crippen molar-refractivity contribution in [3.8, 4) is 0 Å². The molecule has 0 radical (unpaired) electrons. The molecule has 2 aliphatic carbocycles. The Morgan fingerprint density at radius 2 is 1.16 bits per heavy atom.